The molecule has 0 unspecified atom stereocenters. The van der Waals surface area contributed by atoms with Gasteiger partial charge in [0.2, 0.25) is 0 Å². The van der Waals surface area contributed by atoms with Gasteiger partial charge in [-0.2, -0.15) is 4.68 Å². The molecule has 27 heavy (non-hydrogen) atoms. The average molecular weight is 393 g/mol. The first kappa shape index (κ1) is 20.0. The molecule has 1 aromatic carbocycles. The second kappa shape index (κ2) is 7.92. The van der Waals surface area contributed by atoms with Gasteiger partial charge in [0.15, 0.2) is 5.69 Å². The number of amides is 1. The summed E-state index contributed by atoms with van der Waals surface area (Å²) in [6, 6.07) is 4.02. The standard InChI is InChI=1S/C17H20ClFN7O/c1-4-16(27)26(25-10-11(21)9-23(25)2)12-5-6-14(19)15(7-12)24(3)17(22)13(18)8-20/h4-10,22H,1,20-21H2,2-3H3/q+1. The van der Waals surface area contributed by atoms with Crippen LogP contribution in [-0.4, -0.2) is 23.6 Å². The van der Waals surface area contributed by atoms with Gasteiger partial charge in [-0.3, -0.25) is 5.41 Å². The van der Waals surface area contributed by atoms with Crippen molar-refractivity contribution in [2.75, 3.05) is 22.7 Å². The summed E-state index contributed by atoms with van der Waals surface area (Å²) in [7, 11) is 3.15. The number of rotatable bonds is 5. The highest BCUT2D eigenvalue weighted by atomic mass is 35.5. The fourth-order valence-electron chi connectivity index (χ4n) is 2.41. The topological polar surface area (TPSA) is 108 Å². The molecular weight excluding hydrogens is 373 g/mol. The minimum atomic E-state index is -0.602. The van der Waals surface area contributed by atoms with E-state index in [2.05, 4.69) is 6.58 Å². The number of nitrogens with zero attached hydrogens (tertiary/aromatic N) is 4. The van der Waals surface area contributed by atoms with Crippen LogP contribution in [0, 0.1) is 11.2 Å². The molecule has 0 aliphatic carbocycles. The third-order valence-electron chi connectivity index (χ3n) is 3.76. The molecule has 0 saturated carbocycles. The molecule has 0 atom stereocenters. The van der Waals surface area contributed by atoms with Crippen molar-refractivity contribution in [1.29, 1.82) is 5.41 Å². The molecule has 1 aromatic heterocycles. The van der Waals surface area contributed by atoms with Crippen molar-refractivity contribution in [2.24, 2.45) is 12.8 Å². The predicted octanol–water partition coefficient (Wildman–Crippen LogP) is 1.47. The van der Waals surface area contributed by atoms with Gasteiger partial charge in [0.1, 0.15) is 31.1 Å². The summed E-state index contributed by atoms with van der Waals surface area (Å²) in [5.74, 6) is -1.26. The largest absolute Gasteiger partial charge is 0.403 e. The maximum absolute atomic E-state index is 14.4. The fraction of sp³-hybridized carbons (Fsp3) is 0.118. The Labute approximate surface area is 160 Å². The Morgan fingerprint density at radius 3 is 2.67 bits per heavy atom. The smallest absolute Gasteiger partial charge is 0.356 e. The maximum Gasteiger partial charge on any atom is 0.356 e. The number of aromatic nitrogens is 2. The van der Waals surface area contributed by atoms with Crippen LogP contribution in [0.15, 0.2) is 54.5 Å². The minimum Gasteiger partial charge on any atom is -0.403 e. The second-order valence-electron chi connectivity index (χ2n) is 5.56. The number of nitrogens with two attached hydrogens (primary N) is 2. The van der Waals surface area contributed by atoms with Crippen molar-refractivity contribution in [1.82, 2.24) is 4.79 Å². The van der Waals surface area contributed by atoms with Crippen molar-refractivity contribution >= 4 is 40.4 Å². The van der Waals surface area contributed by atoms with Gasteiger partial charge in [-0.25, -0.2) is 9.18 Å². The molecule has 2 aromatic rings. The third-order valence-corrected chi connectivity index (χ3v) is 4.06. The summed E-state index contributed by atoms with van der Waals surface area (Å²) in [5, 5.41) is 9.20. The van der Waals surface area contributed by atoms with Crippen LogP contribution in [0.3, 0.4) is 0 Å². The van der Waals surface area contributed by atoms with E-state index >= 15 is 0 Å². The van der Waals surface area contributed by atoms with Crippen LogP contribution in [0.1, 0.15) is 0 Å². The second-order valence-corrected chi connectivity index (χ2v) is 5.97. The van der Waals surface area contributed by atoms with Crippen LogP contribution in [0.4, 0.5) is 21.5 Å². The number of carbonyl (C=O) groups excluding carboxylic acids is 1. The average Bonchev–Trinajstić information content (AvgIpc) is 2.98. The zero-order valence-corrected chi connectivity index (χ0v) is 15.6. The van der Waals surface area contributed by atoms with E-state index in [4.69, 9.17) is 28.5 Å². The number of benzene rings is 1. The lowest BCUT2D eigenvalue weighted by Crippen LogP contribution is -2.50. The monoisotopic (exact) mass is 392 g/mol. The molecule has 142 valence electrons. The van der Waals surface area contributed by atoms with Crippen molar-refractivity contribution in [3.63, 3.8) is 0 Å². The first-order valence-electron chi connectivity index (χ1n) is 7.71. The molecule has 0 fully saturated rings. The van der Waals surface area contributed by atoms with Crippen LogP contribution < -0.4 is 26.1 Å². The molecular formula is C17H20ClFN7O+. The maximum atomic E-state index is 14.4. The van der Waals surface area contributed by atoms with Gasteiger partial charge in [0, 0.05) is 25.4 Å². The Morgan fingerprint density at radius 2 is 2.15 bits per heavy atom. The Bertz CT molecular complexity index is 937. The van der Waals surface area contributed by atoms with E-state index in [1.807, 2.05) is 0 Å². The predicted molar refractivity (Wildman–Crippen MR) is 104 cm³/mol. The van der Waals surface area contributed by atoms with Gasteiger partial charge in [-0.1, -0.05) is 28.0 Å². The van der Waals surface area contributed by atoms with E-state index in [1.54, 1.807) is 17.9 Å². The van der Waals surface area contributed by atoms with Crippen LogP contribution in [-0.2, 0) is 11.8 Å². The fourth-order valence-corrected chi connectivity index (χ4v) is 2.54. The Hall–Kier alpha value is -3.33. The summed E-state index contributed by atoms with van der Waals surface area (Å²) in [4.78, 5) is 15.1. The molecule has 1 heterocycles. The number of amidine groups is 1. The Morgan fingerprint density at radius 1 is 1.48 bits per heavy atom. The molecule has 1 amide bonds. The van der Waals surface area contributed by atoms with Crippen LogP contribution in [0.5, 0.6) is 0 Å². The van der Waals surface area contributed by atoms with Gasteiger partial charge >= 0.3 is 5.91 Å². The van der Waals surface area contributed by atoms with Crippen LogP contribution in [0.2, 0.25) is 0 Å². The quantitative estimate of drug-likeness (QED) is 0.310. The van der Waals surface area contributed by atoms with E-state index in [0.717, 1.165) is 12.3 Å². The number of carbonyl (C=O) groups is 1. The summed E-state index contributed by atoms with van der Waals surface area (Å²) in [6.07, 6.45) is 5.31. The highest BCUT2D eigenvalue weighted by molar-refractivity contribution is 6.44. The molecule has 0 aliphatic rings. The number of hydrogen-bond donors (Lipinski definition) is 3. The van der Waals surface area contributed by atoms with E-state index in [0.29, 0.717) is 11.4 Å². The third kappa shape index (κ3) is 3.93. The number of nitrogens with one attached hydrogen (secondary N) is 1. The summed E-state index contributed by atoms with van der Waals surface area (Å²) in [5.41, 5.74) is 11.9. The number of halogens is 2. The van der Waals surface area contributed by atoms with E-state index in [9.17, 15) is 9.18 Å². The minimum absolute atomic E-state index is 0.0298. The zero-order chi connectivity index (χ0) is 20.3. The molecule has 10 heteroatoms. The van der Waals surface area contributed by atoms with E-state index in [1.165, 1.54) is 46.1 Å². The van der Waals surface area contributed by atoms with Gasteiger partial charge in [0.05, 0.1) is 16.4 Å². The lowest BCUT2D eigenvalue weighted by molar-refractivity contribution is -0.751. The SMILES string of the molecule is C=CC(=O)N(c1ccc(F)c(N(C)C(=N)C(Cl)=CN)c1)n1cc(N)c[n+]1C. The molecule has 0 bridgehead atoms. The highest BCUT2D eigenvalue weighted by Gasteiger charge is 2.27. The van der Waals surface area contributed by atoms with Crippen molar-refractivity contribution in [3.8, 4) is 0 Å². The normalized spacial score (nSPS) is 11.2. The lowest BCUT2D eigenvalue weighted by atomic mass is 10.2. The number of anilines is 3. The van der Waals surface area contributed by atoms with Gasteiger partial charge in [-0.05, 0) is 12.1 Å². The van der Waals surface area contributed by atoms with E-state index in [-0.39, 0.29) is 16.6 Å². The molecule has 0 radical (unpaired) electrons. The van der Waals surface area contributed by atoms with Gasteiger partial charge < -0.3 is 16.4 Å². The molecule has 0 saturated heterocycles. The van der Waals surface area contributed by atoms with E-state index < -0.39 is 11.7 Å². The van der Waals surface area contributed by atoms with Crippen molar-refractivity contribution in [3.05, 3.63) is 60.3 Å². The number of nitrogen functional groups attached to an aromatic ring is 1. The zero-order valence-electron chi connectivity index (χ0n) is 14.9. The molecule has 0 spiro atoms. The summed E-state index contributed by atoms with van der Waals surface area (Å²) >= 11 is 5.86. The van der Waals surface area contributed by atoms with Gasteiger partial charge in [-0.15, -0.1) is 0 Å². The molecule has 0 aliphatic heterocycles. The summed E-state index contributed by atoms with van der Waals surface area (Å²) < 4.78 is 16.0. The highest BCUT2D eigenvalue weighted by Crippen LogP contribution is 2.27. The lowest BCUT2D eigenvalue weighted by Gasteiger charge is -2.22. The van der Waals surface area contributed by atoms with Crippen LogP contribution >= 0.6 is 11.6 Å². The summed E-state index contributed by atoms with van der Waals surface area (Å²) in [6.45, 7) is 3.50. The molecule has 5 N–H and O–H groups in total. The van der Waals surface area contributed by atoms with Crippen LogP contribution in [0.25, 0.3) is 0 Å². The molecule has 8 nitrogen and oxygen atoms in total. The van der Waals surface area contributed by atoms with Crippen molar-refractivity contribution in [2.45, 2.75) is 0 Å². The molecule has 2 rings (SSSR count). The Balaban J connectivity index is 2.59. The number of hydrogen-bond acceptors (Lipinski definition) is 4. The Kier molecular flexibility index (Phi) is 5.86. The number of likely N-dealkylation sites (N-methyl/N-ethyl adjacent to an activating group) is 1. The van der Waals surface area contributed by atoms with Crippen molar-refractivity contribution < 1.29 is 13.9 Å². The first-order chi connectivity index (χ1) is 12.7. The first-order valence-corrected chi connectivity index (χ1v) is 8.09. The van der Waals surface area contributed by atoms with Gasteiger partial charge in [0.25, 0.3) is 0 Å². The number of aryl methyl sites for hydroxylation is 1.